The monoisotopic (exact) mass is 328 g/mol. The molecule has 0 aliphatic heterocycles. The molecule has 1 aromatic carbocycles. The van der Waals surface area contributed by atoms with Crippen LogP contribution in [0.4, 0.5) is 0 Å². The van der Waals surface area contributed by atoms with Gasteiger partial charge in [0.1, 0.15) is 5.75 Å². The maximum atomic E-state index is 5.74. The third-order valence-corrected chi connectivity index (χ3v) is 4.60. The Morgan fingerprint density at radius 1 is 1.42 bits per heavy atom. The van der Waals surface area contributed by atoms with Gasteiger partial charge in [-0.3, -0.25) is 11.3 Å². The van der Waals surface area contributed by atoms with Crippen LogP contribution in [0.5, 0.6) is 5.75 Å². The quantitative estimate of drug-likeness (QED) is 0.622. The van der Waals surface area contributed by atoms with Crippen LogP contribution in [0, 0.1) is 0 Å². The predicted octanol–water partition coefficient (Wildman–Crippen LogP) is 2.40. The zero-order valence-electron chi connectivity index (χ0n) is 11.4. The van der Waals surface area contributed by atoms with Gasteiger partial charge in [0.15, 0.2) is 0 Å². The highest BCUT2D eigenvalue weighted by molar-refractivity contribution is 9.10. The van der Waals surface area contributed by atoms with E-state index < -0.39 is 0 Å². The molecular formula is C14H21BrN2O2. The minimum Gasteiger partial charge on any atom is -0.496 e. The summed E-state index contributed by atoms with van der Waals surface area (Å²) in [6.07, 6.45) is 4.08. The fraction of sp³-hybridized carbons (Fsp3) is 0.571. The minimum atomic E-state index is -0.137. The number of ether oxygens (including phenoxy) is 2. The molecule has 5 heteroatoms. The fourth-order valence-electron chi connectivity index (χ4n) is 2.74. The highest BCUT2D eigenvalue weighted by Crippen LogP contribution is 2.39. The Morgan fingerprint density at radius 3 is 2.63 bits per heavy atom. The van der Waals surface area contributed by atoms with E-state index in [0.29, 0.717) is 0 Å². The van der Waals surface area contributed by atoms with Gasteiger partial charge in [-0.15, -0.1) is 0 Å². The van der Waals surface area contributed by atoms with E-state index >= 15 is 0 Å². The standard InChI is InChI=1S/C14H21BrN2O2/c1-18-12-5-4-11(15)8-10(12)9-13(17-16)14(19-2)6-3-7-14/h4-5,8,13,17H,3,6-7,9,16H2,1-2H3. The van der Waals surface area contributed by atoms with Gasteiger partial charge in [0.2, 0.25) is 0 Å². The second kappa shape index (κ2) is 6.22. The van der Waals surface area contributed by atoms with Crippen LogP contribution in [-0.4, -0.2) is 25.9 Å². The molecule has 1 atom stereocenters. The summed E-state index contributed by atoms with van der Waals surface area (Å²) in [5.41, 5.74) is 3.91. The van der Waals surface area contributed by atoms with Gasteiger partial charge in [0, 0.05) is 11.6 Å². The van der Waals surface area contributed by atoms with Crippen molar-refractivity contribution in [3.8, 4) is 5.75 Å². The molecule has 0 bridgehead atoms. The lowest BCUT2D eigenvalue weighted by molar-refractivity contribution is -0.0982. The molecule has 1 fully saturated rings. The molecule has 19 heavy (non-hydrogen) atoms. The first kappa shape index (κ1) is 14.8. The molecule has 3 N–H and O–H groups in total. The Kier molecular flexibility index (Phi) is 4.84. The zero-order chi connectivity index (χ0) is 13.9. The van der Waals surface area contributed by atoms with E-state index in [1.807, 2.05) is 12.1 Å². The number of rotatable bonds is 6. The molecule has 0 radical (unpaired) electrons. The van der Waals surface area contributed by atoms with E-state index in [1.165, 1.54) is 6.42 Å². The minimum absolute atomic E-state index is 0.0921. The number of hydrogen-bond acceptors (Lipinski definition) is 4. The number of halogens is 1. The number of nitrogens with two attached hydrogens (primary N) is 1. The Balaban J connectivity index is 2.20. The summed E-state index contributed by atoms with van der Waals surface area (Å²) in [6, 6.07) is 6.11. The van der Waals surface area contributed by atoms with Crippen LogP contribution in [0.15, 0.2) is 22.7 Å². The van der Waals surface area contributed by atoms with Crippen molar-refractivity contribution in [3.05, 3.63) is 28.2 Å². The molecule has 1 saturated carbocycles. The van der Waals surface area contributed by atoms with Crippen molar-refractivity contribution in [2.75, 3.05) is 14.2 Å². The molecule has 1 aliphatic carbocycles. The molecular weight excluding hydrogens is 308 g/mol. The normalized spacial score (nSPS) is 18.7. The number of hydrazine groups is 1. The van der Waals surface area contributed by atoms with Crippen LogP contribution >= 0.6 is 15.9 Å². The maximum Gasteiger partial charge on any atom is 0.122 e. The molecule has 0 amide bonds. The van der Waals surface area contributed by atoms with Crippen LogP contribution in [-0.2, 0) is 11.2 Å². The summed E-state index contributed by atoms with van der Waals surface area (Å²) in [7, 11) is 3.45. The van der Waals surface area contributed by atoms with Crippen molar-refractivity contribution >= 4 is 15.9 Å². The van der Waals surface area contributed by atoms with Crippen LogP contribution in [0.3, 0.4) is 0 Å². The van der Waals surface area contributed by atoms with Gasteiger partial charge in [0.25, 0.3) is 0 Å². The number of nitrogens with one attached hydrogen (secondary N) is 1. The molecule has 0 aromatic heterocycles. The lowest BCUT2D eigenvalue weighted by Gasteiger charge is -2.46. The van der Waals surface area contributed by atoms with E-state index in [2.05, 4.69) is 27.4 Å². The van der Waals surface area contributed by atoms with Crippen molar-refractivity contribution in [2.24, 2.45) is 5.84 Å². The second-order valence-corrected chi connectivity index (χ2v) is 5.92. The second-order valence-electron chi connectivity index (χ2n) is 5.00. The van der Waals surface area contributed by atoms with Gasteiger partial charge in [-0.05, 0) is 49.4 Å². The molecule has 1 aliphatic rings. The highest BCUT2D eigenvalue weighted by Gasteiger charge is 2.44. The summed E-state index contributed by atoms with van der Waals surface area (Å²) in [4.78, 5) is 0. The molecule has 106 valence electrons. The smallest absolute Gasteiger partial charge is 0.122 e. The van der Waals surface area contributed by atoms with Gasteiger partial charge < -0.3 is 9.47 Å². The third-order valence-electron chi connectivity index (χ3n) is 4.11. The topological polar surface area (TPSA) is 56.5 Å². The first-order valence-corrected chi connectivity index (χ1v) is 7.28. The lowest BCUT2D eigenvalue weighted by atomic mass is 9.73. The van der Waals surface area contributed by atoms with Crippen LogP contribution in [0.2, 0.25) is 0 Å². The summed E-state index contributed by atoms with van der Waals surface area (Å²) in [5, 5.41) is 0. The van der Waals surface area contributed by atoms with Crippen molar-refractivity contribution in [3.63, 3.8) is 0 Å². The largest absolute Gasteiger partial charge is 0.496 e. The number of benzene rings is 1. The fourth-order valence-corrected chi connectivity index (χ4v) is 3.15. The number of methoxy groups -OCH3 is 2. The van der Waals surface area contributed by atoms with Crippen molar-refractivity contribution in [1.82, 2.24) is 5.43 Å². The first-order chi connectivity index (χ1) is 9.15. The summed E-state index contributed by atoms with van der Waals surface area (Å²) < 4.78 is 12.2. The summed E-state index contributed by atoms with van der Waals surface area (Å²) >= 11 is 3.50. The predicted molar refractivity (Wildman–Crippen MR) is 79.1 cm³/mol. The third kappa shape index (κ3) is 2.94. The van der Waals surface area contributed by atoms with Gasteiger partial charge >= 0.3 is 0 Å². The van der Waals surface area contributed by atoms with Crippen LogP contribution < -0.4 is 16.0 Å². The van der Waals surface area contributed by atoms with Crippen molar-refractivity contribution in [2.45, 2.75) is 37.3 Å². The molecule has 1 aromatic rings. The molecule has 1 unspecified atom stereocenters. The molecule has 0 heterocycles. The average Bonchev–Trinajstić information content (AvgIpc) is 2.37. The molecule has 2 rings (SSSR count). The Bertz CT molecular complexity index is 430. The van der Waals surface area contributed by atoms with Crippen molar-refractivity contribution < 1.29 is 9.47 Å². The van der Waals surface area contributed by atoms with Gasteiger partial charge in [-0.1, -0.05) is 15.9 Å². The summed E-state index contributed by atoms with van der Waals surface area (Å²) in [6.45, 7) is 0. The average molecular weight is 329 g/mol. The highest BCUT2D eigenvalue weighted by atomic mass is 79.9. The van der Waals surface area contributed by atoms with Gasteiger partial charge in [0.05, 0.1) is 18.8 Å². The lowest BCUT2D eigenvalue weighted by Crippen LogP contribution is -2.59. The van der Waals surface area contributed by atoms with Crippen LogP contribution in [0.25, 0.3) is 0 Å². The van der Waals surface area contributed by atoms with E-state index in [-0.39, 0.29) is 11.6 Å². The van der Waals surface area contributed by atoms with Gasteiger partial charge in [-0.2, -0.15) is 0 Å². The van der Waals surface area contributed by atoms with E-state index in [1.54, 1.807) is 14.2 Å². The zero-order valence-corrected chi connectivity index (χ0v) is 13.0. The Labute approximate surface area is 122 Å². The van der Waals surface area contributed by atoms with Gasteiger partial charge in [-0.25, -0.2) is 0 Å². The van der Waals surface area contributed by atoms with Crippen molar-refractivity contribution in [1.29, 1.82) is 0 Å². The summed E-state index contributed by atoms with van der Waals surface area (Å²) in [5.74, 6) is 6.62. The Morgan fingerprint density at radius 2 is 2.16 bits per heavy atom. The molecule has 0 spiro atoms. The molecule has 0 saturated heterocycles. The number of hydrogen-bond donors (Lipinski definition) is 2. The van der Waals surface area contributed by atoms with E-state index in [0.717, 1.165) is 35.0 Å². The Hall–Kier alpha value is -0.620. The van der Waals surface area contributed by atoms with E-state index in [9.17, 15) is 0 Å². The first-order valence-electron chi connectivity index (χ1n) is 6.49. The van der Waals surface area contributed by atoms with E-state index in [4.69, 9.17) is 15.3 Å². The SMILES string of the molecule is COc1ccc(Br)cc1CC(NN)C1(OC)CCC1. The van der Waals surface area contributed by atoms with Crippen LogP contribution in [0.1, 0.15) is 24.8 Å². The molecule has 4 nitrogen and oxygen atoms in total. The maximum absolute atomic E-state index is 5.74.